The highest BCUT2D eigenvalue weighted by molar-refractivity contribution is 6.35. The van der Waals surface area contributed by atoms with Crippen LogP contribution in [0.25, 0.3) is 0 Å². The molecule has 0 heterocycles. The lowest BCUT2D eigenvalue weighted by molar-refractivity contribution is -0.384. The fourth-order valence-corrected chi connectivity index (χ4v) is 1.03. The summed E-state index contributed by atoms with van der Waals surface area (Å²) in [6, 6.07) is 5.31. The van der Waals surface area contributed by atoms with Gasteiger partial charge in [-0.3, -0.25) is 10.1 Å². The molecule has 0 aliphatic rings. The van der Waals surface area contributed by atoms with Crippen LogP contribution in [-0.2, 0) is 0 Å². The Balaban J connectivity index is 3.19. The third-order valence-corrected chi connectivity index (χ3v) is 1.78. The van der Waals surface area contributed by atoms with E-state index in [1.807, 2.05) is 0 Å². The highest BCUT2D eigenvalue weighted by Gasteiger charge is 2.21. The van der Waals surface area contributed by atoms with Gasteiger partial charge in [-0.25, -0.2) is 4.79 Å². The normalized spacial score (nSPS) is 9.50. The molecule has 14 heavy (non-hydrogen) atoms. The van der Waals surface area contributed by atoms with Gasteiger partial charge in [0.1, 0.15) is 5.69 Å². The zero-order valence-corrected chi connectivity index (χ0v) is 7.51. The van der Waals surface area contributed by atoms with Crippen molar-refractivity contribution in [3.63, 3.8) is 0 Å². The lowest BCUT2D eigenvalue weighted by Crippen LogP contribution is -2.18. The van der Waals surface area contributed by atoms with E-state index in [2.05, 4.69) is 0 Å². The number of carbonyl (C=O) groups is 1. The van der Waals surface area contributed by atoms with E-state index >= 15 is 0 Å². The first-order valence-corrected chi connectivity index (χ1v) is 3.80. The molecule has 0 aromatic heterocycles. The molecular formula is C7H5ClN2O4. The first kappa shape index (κ1) is 10.3. The monoisotopic (exact) mass is 216 g/mol. The van der Waals surface area contributed by atoms with Crippen molar-refractivity contribution in [1.29, 1.82) is 0 Å². The Morgan fingerprint density at radius 2 is 2.07 bits per heavy atom. The molecule has 0 aliphatic carbocycles. The molecule has 7 heteroatoms. The van der Waals surface area contributed by atoms with Gasteiger partial charge >= 0.3 is 6.09 Å². The van der Waals surface area contributed by atoms with Gasteiger partial charge in [-0.2, -0.15) is 4.42 Å². The number of halogens is 1. The Kier molecular flexibility index (Phi) is 2.88. The smallest absolute Gasteiger partial charge is 0.427 e. The van der Waals surface area contributed by atoms with Crippen LogP contribution in [0.2, 0.25) is 0 Å². The molecule has 0 aliphatic heterocycles. The SMILES string of the molecule is O=C(O)N(Cl)c1ccccc1[N+](=O)[O-]. The number of hydrogen-bond acceptors (Lipinski definition) is 3. The van der Waals surface area contributed by atoms with Crippen LogP contribution >= 0.6 is 11.8 Å². The van der Waals surface area contributed by atoms with Gasteiger partial charge in [-0.15, -0.1) is 0 Å². The Morgan fingerprint density at radius 3 is 2.57 bits per heavy atom. The van der Waals surface area contributed by atoms with Crippen molar-refractivity contribution in [3.05, 3.63) is 34.4 Å². The average molecular weight is 217 g/mol. The second-order valence-corrected chi connectivity index (χ2v) is 2.65. The maximum atomic E-state index is 10.5. The van der Waals surface area contributed by atoms with E-state index in [9.17, 15) is 14.9 Å². The van der Waals surface area contributed by atoms with Gasteiger partial charge in [0, 0.05) is 17.8 Å². The fraction of sp³-hybridized carbons (Fsp3) is 0. The van der Waals surface area contributed by atoms with Crippen LogP contribution in [0.5, 0.6) is 0 Å². The molecule has 74 valence electrons. The Hall–Kier alpha value is -1.82. The molecule has 0 fully saturated rings. The molecule has 0 atom stereocenters. The zero-order valence-electron chi connectivity index (χ0n) is 6.75. The second kappa shape index (κ2) is 3.93. The van der Waals surface area contributed by atoms with E-state index in [0.717, 1.165) is 0 Å². The van der Waals surface area contributed by atoms with Crippen molar-refractivity contribution in [2.75, 3.05) is 4.42 Å². The van der Waals surface area contributed by atoms with Crippen LogP contribution in [0.15, 0.2) is 24.3 Å². The third-order valence-electron chi connectivity index (χ3n) is 1.46. The molecule has 0 bridgehead atoms. The zero-order chi connectivity index (χ0) is 10.7. The van der Waals surface area contributed by atoms with Gasteiger partial charge in [-0.1, -0.05) is 12.1 Å². The number of nitro benzene ring substituents is 1. The van der Waals surface area contributed by atoms with E-state index in [1.165, 1.54) is 24.3 Å². The summed E-state index contributed by atoms with van der Waals surface area (Å²) in [6.45, 7) is 0. The third kappa shape index (κ3) is 1.91. The number of rotatable bonds is 2. The molecule has 1 amide bonds. The van der Waals surface area contributed by atoms with Gasteiger partial charge in [0.2, 0.25) is 0 Å². The molecule has 1 aromatic carbocycles. The summed E-state index contributed by atoms with van der Waals surface area (Å²) < 4.78 is 0.276. The minimum absolute atomic E-state index is 0.174. The molecular weight excluding hydrogens is 212 g/mol. The van der Waals surface area contributed by atoms with E-state index in [4.69, 9.17) is 16.9 Å². The number of benzene rings is 1. The van der Waals surface area contributed by atoms with Crippen molar-refractivity contribution in [3.8, 4) is 0 Å². The number of nitrogens with zero attached hydrogens (tertiary/aromatic N) is 2. The lowest BCUT2D eigenvalue weighted by Gasteiger charge is -2.08. The number of hydrogen-bond donors (Lipinski definition) is 1. The summed E-state index contributed by atoms with van der Waals surface area (Å²) >= 11 is 5.32. The first-order valence-electron chi connectivity index (χ1n) is 3.46. The van der Waals surface area contributed by atoms with E-state index in [0.29, 0.717) is 0 Å². The lowest BCUT2D eigenvalue weighted by atomic mass is 10.3. The Morgan fingerprint density at radius 1 is 1.50 bits per heavy atom. The minimum atomic E-state index is -1.47. The highest BCUT2D eigenvalue weighted by Crippen LogP contribution is 2.28. The van der Waals surface area contributed by atoms with Crippen LogP contribution in [0.1, 0.15) is 0 Å². The van der Waals surface area contributed by atoms with E-state index in [1.54, 1.807) is 0 Å². The van der Waals surface area contributed by atoms with Gasteiger partial charge in [0.25, 0.3) is 5.69 Å². The summed E-state index contributed by atoms with van der Waals surface area (Å²) in [6.07, 6.45) is -1.47. The van der Waals surface area contributed by atoms with Crippen LogP contribution < -0.4 is 4.42 Å². The van der Waals surface area contributed by atoms with Crippen molar-refractivity contribution < 1.29 is 14.8 Å². The molecule has 0 unspecified atom stereocenters. The maximum absolute atomic E-state index is 10.5. The largest absolute Gasteiger partial charge is 0.464 e. The summed E-state index contributed by atoms with van der Waals surface area (Å²) in [5, 5.41) is 19.0. The molecule has 1 N–H and O–H groups in total. The van der Waals surface area contributed by atoms with Crippen molar-refractivity contribution in [1.82, 2.24) is 0 Å². The van der Waals surface area contributed by atoms with Crippen LogP contribution in [-0.4, -0.2) is 16.1 Å². The van der Waals surface area contributed by atoms with Crippen LogP contribution in [0.4, 0.5) is 16.2 Å². The molecule has 1 rings (SSSR count). The predicted molar refractivity (Wildman–Crippen MR) is 49.5 cm³/mol. The average Bonchev–Trinajstić information content (AvgIpc) is 2.16. The fourth-order valence-electron chi connectivity index (χ4n) is 0.888. The molecule has 0 saturated heterocycles. The molecule has 0 spiro atoms. The van der Waals surface area contributed by atoms with Gasteiger partial charge in [0.05, 0.1) is 4.92 Å². The molecule has 6 nitrogen and oxygen atoms in total. The van der Waals surface area contributed by atoms with Crippen LogP contribution in [0, 0.1) is 10.1 Å². The van der Waals surface area contributed by atoms with Gasteiger partial charge < -0.3 is 5.11 Å². The minimum Gasteiger partial charge on any atom is -0.464 e. The van der Waals surface area contributed by atoms with Crippen molar-refractivity contribution in [2.45, 2.75) is 0 Å². The number of amides is 1. The molecule has 1 aromatic rings. The number of para-hydroxylation sites is 2. The number of anilines is 1. The molecule has 0 radical (unpaired) electrons. The quantitative estimate of drug-likeness (QED) is 0.467. The highest BCUT2D eigenvalue weighted by atomic mass is 35.5. The standard InChI is InChI=1S/C7H5ClN2O4/c8-9(7(11)12)5-3-1-2-4-6(5)10(13)14/h1-4H,(H,11,12). The van der Waals surface area contributed by atoms with Crippen molar-refractivity contribution in [2.24, 2.45) is 0 Å². The van der Waals surface area contributed by atoms with Gasteiger partial charge in [0.15, 0.2) is 0 Å². The Bertz CT molecular complexity index is 382. The Labute approximate surface area is 83.6 Å². The first-order chi connectivity index (χ1) is 6.54. The number of nitro groups is 1. The summed E-state index contributed by atoms with van der Waals surface area (Å²) in [5.74, 6) is 0. The van der Waals surface area contributed by atoms with Crippen LogP contribution in [0.3, 0.4) is 0 Å². The summed E-state index contributed by atoms with van der Waals surface area (Å²) in [4.78, 5) is 20.2. The number of carboxylic acid groups (broad SMARTS) is 1. The van der Waals surface area contributed by atoms with E-state index < -0.39 is 11.0 Å². The predicted octanol–water partition coefficient (Wildman–Crippen LogP) is 2.23. The second-order valence-electron chi connectivity index (χ2n) is 2.31. The van der Waals surface area contributed by atoms with Crippen molar-refractivity contribution >= 4 is 29.2 Å². The maximum Gasteiger partial charge on any atom is 0.427 e. The summed E-state index contributed by atoms with van der Waals surface area (Å²) in [7, 11) is 0. The molecule has 0 saturated carbocycles. The summed E-state index contributed by atoms with van der Waals surface area (Å²) in [5.41, 5.74) is -0.531. The van der Waals surface area contributed by atoms with Gasteiger partial charge in [-0.05, 0) is 6.07 Å². The van der Waals surface area contributed by atoms with E-state index in [-0.39, 0.29) is 15.8 Å². The topological polar surface area (TPSA) is 83.7 Å².